The lowest BCUT2D eigenvalue weighted by atomic mass is 9.99. The maximum Gasteiger partial charge on any atom is 0.279 e. The lowest BCUT2D eigenvalue weighted by Crippen LogP contribution is -3.14. The molecule has 1 aliphatic heterocycles. The minimum Gasteiger partial charge on any atom is -0.327 e. The maximum atomic E-state index is 13.7. The van der Waals surface area contributed by atoms with Crippen LogP contribution < -0.4 is 10.2 Å². The van der Waals surface area contributed by atoms with Gasteiger partial charge in [0.2, 0.25) is 0 Å². The molecule has 4 rings (SSSR count). The Kier molecular flexibility index (Phi) is 5.13. The van der Waals surface area contributed by atoms with Crippen LogP contribution in [0.15, 0.2) is 42.5 Å². The Hall–Kier alpha value is -2.38. The highest BCUT2D eigenvalue weighted by Gasteiger charge is 2.28. The summed E-state index contributed by atoms with van der Waals surface area (Å²) in [6.45, 7) is 1.94. The minimum absolute atomic E-state index is 0.112. The fourth-order valence-corrected chi connectivity index (χ4v) is 4.70. The van der Waals surface area contributed by atoms with Crippen molar-refractivity contribution in [2.24, 2.45) is 0 Å². The summed E-state index contributed by atoms with van der Waals surface area (Å²) in [6.07, 6.45) is 2.07. The van der Waals surface area contributed by atoms with Gasteiger partial charge in [0, 0.05) is 6.07 Å². The van der Waals surface area contributed by atoms with E-state index in [2.05, 4.69) is 11.4 Å². The van der Waals surface area contributed by atoms with E-state index >= 15 is 0 Å². The second-order valence-corrected chi connectivity index (χ2v) is 7.97. The lowest BCUT2D eigenvalue weighted by Gasteiger charge is -2.28. The molecule has 1 unspecified atom stereocenters. The molecule has 7 heteroatoms. The summed E-state index contributed by atoms with van der Waals surface area (Å²) in [5.41, 5.74) is 0.906. The number of hydrogen-bond donors (Lipinski definition) is 2. The number of amides is 1. The lowest BCUT2D eigenvalue weighted by molar-refractivity contribution is -0.898. The standard InChI is InChI=1S/C20H19F2N3OS/c21-14-7-8-15(22)17(10-14)23-19(26)12-25-9-3-4-13(11-25)20-24-16-5-1-2-6-18(16)27-20/h1-2,5-8,10,13H,3-4,9,11-12H2,(H,23,26)/p+1/t13-/m0/s1. The minimum atomic E-state index is -0.634. The molecule has 4 nitrogen and oxygen atoms in total. The molecule has 0 spiro atoms. The van der Waals surface area contributed by atoms with Gasteiger partial charge in [0.1, 0.15) is 16.6 Å². The quantitative estimate of drug-likeness (QED) is 0.722. The van der Waals surface area contributed by atoms with Gasteiger partial charge < -0.3 is 10.2 Å². The SMILES string of the molecule is O=C(C[NH+]1CCC[C@H](c2nc3ccccc3s2)C1)Nc1cc(F)ccc1F. The second-order valence-electron chi connectivity index (χ2n) is 6.91. The van der Waals surface area contributed by atoms with Crippen molar-refractivity contribution in [2.75, 3.05) is 25.0 Å². The molecule has 2 heterocycles. The van der Waals surface area contributed by atoms with Crippen LogP contribution in [-0.4, -0.2) is 30.5 Å². The van der Waals surface area contributed by atoms with E-state index < -0.39 is 11.6 Å². The smallest absolute Gasteiger partial charge is 0.279 e. The molecule has 0 radical (unpaired) electrons. The number of aromatic nitrogens is 1. The topological polar surface area (TPSA) is 46.4 Å². The summed E-state index contributed by atoms with van der Waals surface area (Å²) in [6, 6.07) is 11.1. The number of thiazole rings is 1. The first kappa shape index (κ1) is 18.0. The number of anilines is 1. The molecule has 0 saturated carbocycles. The highest BCUT2D eigenvalue weighted by molar-refractivity contribution is 7.18. The zero-order valence-corrected chi connectivity index (χ0v) is 15.5. The Morgan fingerprint density at radius 2 is 2.11 bits per heavy atom. The number of piperidine rings is 1. The van der Waals surface area contributed by atoms with Crippen LogP contribution in [0.4, 0.5) is 14.5 Å². The number of fused-ring (bicyclic) bond motifs is 1. The predicted molar refractivity (Wildman–Crippen MR) is 102 cm³/mol. The summed E-state index contributed by atoms with van der Waals surface area (Å²) >= 11 is 1.71. The summed E-state index contributed by atoms with van der Waals surface area (Å²) in [5.74, 6) is -1.19. The maximum absolute atomic E-state index is 13.7. The first-order chi connectivity index (χ1) is 13.1. The van der Waals surface area contributed by atoms with Gasteiger partial charge in [-0.15, -0.1) is 11.3 Å². The molecule has 0 aliphatic carbocycles. The number of hydrogen-bond acceptors (Lipinski definition) is 3. The number of quaternary nitrogens is 1. The van der Waals surface area contributed by atoms with E-state index in [1.54, 1.807) is 11.3 Å². The first-order valence-corrected chi connectivity index (χ1v) is 9.84. The third-order valence-electron chi connectivity index (χ3n) is 4.89. The monoisotopic (exact) mass is 388 g/mol. The molecule has 2 aromatic carbocycles. The number of halogens is 2. The summed E-state index contributed by atoms with van der Waals surface area (Å²) < 4.78 is 28.1. The van der Waals surface area contributed by atoms with Crippen LogP contribution in [0.1, 0.15) is 23.8 Å². The molecule has 140 valence electrons. The molecule has 1 aliphatic rings. The van der Waals surface area contributed by atoms with E-state index in [4.69, 9.17) is 4.98 Å². The Bertz CT molecular complexity index is 942. The van der Waals surface area contributed by atoms with Crippen molar-refractivity contribution in [3.05, 3.63) is 59.1 Å². The van der Waals surface area contributed by atoms with Crippen molar-refractivity contribution < 1.29 is 18.5 Å². The van der Waals surface area contributed by atoms with E-state index in [1.807, 2.05) is 18.2 Å². The van der Waals surface area contributed by atoms with Crippen LogP contribution in [0.2, 0.25) is 0 Å². The number of nitrogens with one attached hydrogen (secondary N) is 2. The van der Waals surface area contributed by atoms with E-state index in [0.29, 0.717) is 5.92 Å². The van der Waals surface area contributed by atoms with Crippen LogP contribution in [0, 0.1) is 11.6 Å². The highest BCUT2D eigenvalue weighted by Crippen LogP contribution is 2.30. The van der Waals surface area contributed by atoms with Crippen molar-refractivity contribution in [3.63, 3.8) is 0 Å². The van der Waals surface area contributed by atoms with Crippen LogP contribution in [0.5, 0.6) is 0 Å². The van der Waals surface area contributed by atoms with Crippen LogP contribution >= 0.6 is 11.3 Å². The molecule has 1 fully saturated rings. The van der Waals surface area contributed by atoms with Gasteiger partial charge >= 0.3 is 0 Å². The second kappa shape index (κ2) is 7.70. The predicted octanol–water partition coefficient (Wildman–Crippen LogP) is 2.98. The van der Waals surface area contributed by atoms with E-state index in [0.717, 1.165) is 59.6 Å². The number of para-hydroxylation sites is 1. The van der Waals surface area contributed by atoms with Crippen molar-refractivity contribution >= 4 is 33.1 Å². The average Bonchev–Trinajstić information content (AvgIpc) is 3.09. The first-order valence-electron chi connectivity index (χ1n) is 9.02. The fourth-order valence-electron chi connectivity index (χ4n) is 3.60. The Labute approximate surface area is 159 Å². The number of nitrogens with zero attached hydrogens (tertiary/aromatic N) is 1. The van der Waals surface area contributed by atoms with Crippen LogP contribution in [-0.2, 0) is 4.79 Å². The molecule has 1 saturated heterocycles. The van der Waals surface area contributed by atoms with Crippen LogP contribution in [0.25, 0.3) is 10.2 Å². The Balaban J connectivity index is 1.40. The molecule has 0 bridgehead atoms. The molecule has 1 aromatic heterocycles. The van der Waals surface area contributed by atoms with E-state index in [9.17, 15) is 13.6 Å². The Morgan fingerprint density at radius 3 is 2.96 bits per heavy atom. The van der Waals surface area contributed by atoms with Crippen molar-refractivity contribution in [2.45, 2.75) is 18.8 Å². The largest absolute Gasteiger partial charge is 0.327 e. The van der Waals surface area contributed by atoms with Gasteiger partial charge in [-0.2, -0.15) is 0 Å². The third kappa shape index (κ3) is 4.14. The van der Waals surface area contributed by atoms with Gasteiger partial charge in [0.25, 0.3) is 5.91 Å². The Morgan fingerprint density at radius 1 is 1.26 bits per heavy atom. The normalized spacial score (nSPS) is 19.9. The summed E-state index contributed by atoms with van der Waals surface area (Å²) in [7, 11) is 0. The number of likely N-dealkylation sites (tertiary alicyclic amines) is 1. The number of rotatable bonds is 4. The van der Waals surface area contributed by atoms with Gasteiger partial charge in [-0.05, 0) is 37.1 Å². The highest BCUT2D eigenvalue weighted by atomic mass is 32.1. The van der Waals surface area contributed by atoms with Gasteiger partial charge in [-0.3, -0.25) is 4.79 Å². The van der Waals surface area contributed by atoms with E-state index in [-0.39, 0.29) is 18.1 Å². The average molecular weight is 388 g/mol. The van der Waals surface area contributed by atoms with Gasteiger partial charge in [-0.1, -0.05) is 12.1 Å². The number of benzene rings is 2. The van der Waals surface area contributed by atoms with Crippen LogP contribution in [0.3, 0.4) is 0 Å². The fraction of sp³-hybridized carbons (Fsp3) is 0.300. The number of carbonyl (C=O) groups excluding carboxylic acids is 1. The van der Waals surface area contributed by atoms with Gasteiger partial charge in [-0.25, -0.2) is 13.8 Å². The summed E-state index contributed by atoms with van der Waals surface area (Å²) in [5, 5.41) is 3.60. The number of carbonyl (C=O) groups is 1. The summed E-state index contributed by atoms with van der Waals surface area (Å²) in [4.78, 5) is 18.2. The molecule has 2 atom stereocenters. The molecule has 3 aromatic rings. The zero-order valence-electron chi connectivity index (χ0n) is 14.7. The molecular weight excluding hydrogens is 368 g/mol. The molecule has 2 N–H and O–H groups in total. The van der Waals surface area contributed by atoms with E-state index in [1.165, 1.54) is 4.70 Å². The van der Waals surface area contributed by atoms with Crippen molar-refractivity contribution in [3.8, 4) is 0 Å². The van der Waals surface area contributed by atoms with Crippen molar-refractivity contribution in [1.29, 1.82) is 0 Å². The zero-order chi connectivity index (χ0) is 18.8. The molecule has 1 amide bonds. The van der Waals surface area contributed by atoms with Crippen molar-refractivity contribution in [1.82, 2.24) is 4.98 Å². The molecule has 27 heavy (non-hydrogen) atoms. The van der Waals surface area contributed by atoms with Gasteiger partial charge in [0.05, 0.1) is 34.9 Å². The third-order valence-corrected chi connectivity index (χ3v) is 6.09. The molecular formula is C20H20F2N3OS+. The van der Waals surface area contributed by atoms with Gasteiger partial charge in [0.15, 0.2) is 6.54 Å².